The number of hydrogen-bond donors (Lipinski definition) is 1. The Kier molecular flexibility index (Phi) is 7.56. The van der Waals surface area contributed by atoms with E-state index in [-0.39, 0.29) is 0 Å². The average molecular weight is 267 g/mol. The highest BCUT2D eigenvalue weighted by molar-refractivity contribution is 5.28. The summed E-state index contributed by atoms with van der Waals surface area (Å²) in [7, 11) is 3.70. The Hall–Kier alpha value is -1.03. The van der Waals surface area contributed by atoms with E-state index in [0.717, 1.165) is 18.7 Å². The van der Waals surface area contributed by atoms with Gasteiger partial charge in [-0.2, -0.15) is 5.10 Å². The number of rotatable bonds is 10. The zero-order chi connectivity index (χ0) is 14.1. The second-order valence-corrected chi connectivity index (χ2v) is 5.03. The van der Waals surface area contributed by atoms with Crippen LogP contribution in [0.5, 0.6) is 5.75 Å². The van der Waals surface area contributed by atoms with E-state index in [1.54, 1.807) is 13.3 Å². The fraction of sp³-hybridized carbons (Fsp3) is 0.800. The Morgan fingerprint density at radius 3 is 2.63 bits per heavy atom. The van der Waals surface area contributed by atoms with Crippen molar-refractivity contribution in [3.05, 3.63) is 11.9 Å². The van der Waals surface area contributed by atoms with E-state index in [9.17, 15) is 0 Å². The maximum absolute atomic E-state index is 5.41. The van der Waals surface area contributed by atoms with E-state index < -0.39 is 0 Å². The van der Waals surface area contributed by atoms with Crippen LogP contribution in [-0.2, 0) is 7.05 Å². The van der Waals surface area contributed by atoms with Gasteiger partial charge in [-0.1, -0.05) is 46.0 Å². The summed E-state index contributed by atoms with van der Waals surface area (Å²) in [4.78, 5) is 0. The van der Waals surface area contributed by atoms with Crippen LogP contribution in [0.3, 0.4) is 0 Å². The Labute approximate surface area is 117 Å². The summed E-state index contributed by atoms with van der Waals surface area (Å²) in [5, 5.41) is 7.85. The molecule has 0 aliphatic rings. The first-order chi connectivity index (χ1) is 9.24. The highest BCUT2D eigenvalue weighted by atomic mass is 16.5. The lowest BCUT2D eigenvalue weighted by atomic mass is 10.0. The third-order valence-electron chi connectivity index (χ3n) is 3.55. The van der Waals surface area contributed by atoms with E-state index >= 15 is 0 Å². The molecule has 19 heavy (non-hydrogen) atoms. The summed E-state index contributed by atoms with van der Waals surface area (Å²) in [6.07, 6.45) is 9.51. The number of aryl methyl sites for hydroxylation is 1. The summed E-state index contributed by atoms with van der Waals surface area (Å²) < 4.78 is 7.34. The van der Waals surface area contributed by atoms with E-state index in [0.29, 0.717) is 6.04 Å². The second kappa shape index (κ2) is 8.97. The Morgan fingerprint density at radius 1 is 1.26 bits per heavy atom. The fourth-order valence-corrected chi connectivity index (χ4v) is 2.52. The third-order valence-corrected chi connectivity index (χ3v) is 3.55. The van der Waals surface area contributed by atoms with Crippen molar-refractivity contribution in [2.24, 2.45) is 7.05 Å². The molecule has 4 nitrogen and oxygen atoms in total. The second-order valence-electron chi connectivity index (χ2n) is 5.03. The van der Waals surface area contributed by atoms with Gasteiger partial charge in [0.1, 0.15) is 0 Å². The molecule has 0 saturated heterocycles. The van der Waals surface area contributed by atoms with Crippen molar-refractivity contribution in [2.75, 3.05) is 13.7 Å². The van der Waals surface area contributed by atoms with Crippen LogP contribution in [-0.4, -0.2) is 23.4 Å². The van der Waals surface area contributed by atoms with E-state index in [2.05, 4.69) is 24.3 Å². The van der Waals surface area contributed by atoms with E-state index in [1.165, 1.54) is 37.8 Å². The van der Waals surface area contributed by atoms with Gasteiger partial charge in [0.05, 0.1) is 25.0 Å². The van der Waals surface area contributed by atoms with Gasteiger partial charge in [-0.25, -0.2) is 0 Å². The number of nitrogens with one attached hydrogen (secondary N) is 1. The maximum atomic E-state index is 5.41. The van der Waals surface area contributed by atoms with Crippen LogP contribution in [0.15, 0.2) is 6.20 Å². The molecule has 4 heteroatoms. The third kappa shape index (κ3) is 4.86. The lowest BCUT2D eigenvalue weighted by Gasteiger charge is -2.19. The van der Waals surface area contributed by atoms with Gasteiger partial charge in [0.2, 0.25) is 0 Å². The number of unbranched alkanes of at least 4 members (excludes halogenated alkanes) is 4. The van der Waals surface area contributed by atoms with Gasteiger partial charge < -0.3 is 10.1 Å². The van der Waals surface area contributed by atoms with Gasteiger partial charge in [-0.3, -0.25) is 4.68 Å². The van der Waals surface area contributed by atoms with Crippen molar-refractivity contribution in [1.82, 2.24) is 15.1 Å². The van der Waals surface area contributed by atoms with Crippen molar-refractivity contribution < 1.29 is 4.74 Å². The van der Waals surface area contributed by atoms with Crippen molar-refractivity contribution in [1.29, 1.82) is 0 Å². The Morgan fingerprint density at radius 2 is 2.00 bits per heavy atom. The fourth-order valence-electron chi connectivity index (χ4n) is 2.52. The topological polar surface area (TPSA) is 39.1 Å². The van der Waals surface area contributed by atoms with Gasteiger partial charge in [-0.05, 0) is 13.0 Å². The van der Waals surface area contributed by atoms with Crippen molar-refractivity contribution >= 4 is 0 Å². The Bertz CT molecular complexity index is 349. The van der Waals surface area contributed by atoms with Crippen molar-refractivity contribution in [3.8, 4) is 5.75 Å². The lowest BCUT2D eigenvalue weighted by molar-refractivity contribution is 0.385. The molecule has 1 unspecified atom stereocenters. The highest BCUT2D eigenvalue weighted by Crippen LogP contribution is 2.28. The summed E-state index contributed by atoms with van der Waals surface area (Å²) in [5.74, 6) is 0.891. The van der Waals surface area contributed by atoms with Crippen LogP contribution in [0.25, 0.3) is 0 Å². The molecule has 0 aromatic carbocycles. The molecule has 0 aliphatic carbocycles. The minimum absolute atomic E-state index is 0.342. The minimum atomic E-state index is 0.342. The Balaban J connectivity index is 2.58. The molecule has 1 heterocycles. The zero-order valence-corrected chi connectivity index (χ0v) is 12.9. The van der Waals surface area contributed by atoms with Crippen LogP contribution < -0.4 is 10.1 Å². The van der Waals surface area contributed by atoms with Crippen LogP contribution in [0, 0.1) is 0 Å². The molecule has 1 aromatic rings. The SMILES string of the molecule is CCCCCCCC(NCC)c1c(OC)cnn1C. The van der Waals surface area contributed by atoms with E-state index in [4.69, 9.17) is 4.74 Å². The predicted molar refractivity (Wildman–Crippen MR) is 79.6 cm³/mol. The van der Waals surface area contributed by atoms with Gasteiger partial charge in [0.15, 0.2) is 5.75 Å². The smallest absolute Gasteiger partial charge is 0.161 e. The number of ether oxygens (including phenoxy) is 1. The number of nitrogens with zero attached hydrogens (tertiary/aromatic N) is 2. The van der Waals surface area contributed by atoms with Crippen LogP contribution in [0.4, 0.5) is 0 Å². The number of hydrogen-bond acceptors (Lipinski definition) is 3. The van der Waals surface area contributed by atoms with Gasteiger partial charge in [-0.15, -0.1) is 0 Å². The molecule has 110 valence electrons. The molecule has 0 bridgehead atoms. The molecule has 0 amide bonds. The summed E-state index contributed by atoms with van der Waals surface area (Å²) in [5.41, 5.74) is 1.17. The summed E-state index contributed by atoms with van der Waals surface area (Å²) in [6.45, 7) is 5.36. The minimum Gasteiger partial charge on any atom is -0.493 e. The molecule has 1 N–H and O–H groups in total. The first kappa shape index (κ1) is 16.0. The predicted octanol–water partition coefficient (Wildman–Crippen LogP) is 3.44. The molecular formula is C15H29N3O. The maximum Gasteiger partial charge on any atom is 0.161 e. The zero-order valence-electron chi connectivity index (χ0n) is 12.9. The van der Waals surface area contributed by atoms with Crippen LogP contribution in [0.2, 0.25) is 0 Å². The number of aromatic nitrogens is 2. The molecule has 0 radical (unpaired) electrons. The first-order valence-corrected chi connectivity index (χ1v) is 7.53. The molecule has 0 fully saturated rings. The van der Waals surface area contributed by atoms with Gasteiger partial charge >= 0.3 is 0 Å². The summed E-state index contributed by atoms with van der Waals surface area (Å²) in [6, 6.07) is 0.342. The molecule has 0 spiro atoms. The quantitative estimate of drug-likeness (QED) is 0.660. The van der Waals surface area contributed by atoms with Crippen molar-refractivity contribution in [3.63, 3.8) is 0 Å². The molecule has 1 atom stereocenters. The average Bonchev–Trinajstić information content (AvgIpc) is 2.78. The number of methoxy groups -OCH3 is 1. The standard InChI is InChI=1S/C15H29N3O/c1-5-7-8-9-10-11-13(16-6-2)15-14(19-4)12-17-18(15)3/h12-13,16H,5-11H2,1-4H3. The molecule has 0 aliphatic heterocycles. The normalized spacial score (nSPS) is 12.6. The monoisotopic (exact) mass is 267 g/mol. The molecule has 1 aromatic heterocycles. The highest BCUT2D eigenvalue weighted by Gasteiger charge is 2.19. The van der Waals surface area contributed by atoms with Crippen LogP contribution in [0.1, 0.15) is 64.1 Å². The molecule has 1 rings (SSSR count). The first-order valence-electron chi connectivity index (χ1n) is 7.53. The van der Waals surface area contributed by atoms with Crippen molar-refractivity contribution in [2.45, 2.75) is 58.4 Å². The van der Waals surface area contributed by atoms with E-state index in [1.807, 2.05) is 11.7 Å². The molecule has 0 saturated carbocycles. The largest absolute Gasteiger partial charge is 0.493 e. The van der Waals surface area contributed by atoms with Gasteiger partial charge in [0.25, 0.3) is 0 Å². The molecular weight excluding hydrogens is 238 g/mol. The summed E-state index contributed by atoms with van der Waals surface area (Å²) >= 11 is 0. The lowest BCUT2D eigenvalue weighted by Crippen LogP contribution is -2.23. The van der Waals surface area contributed by atoms with Gasteiger partial charge in [0, 0.05) is 7.05 Å². The van der Waals surface area contributed by atoms with Crippen LogP contribution >= 0.6 is 0 Å².